The van der Waals surface area contributed by atoms with Crippen molar-refractivity contribution in [3.63, 3.8) is 0 Å². The SMILES string of the molecule is C#CC(CC)Nc1c(Cl)ccc2nsnc12. The second-order valence-corrected chi connectivity index (χ2v) is 4.26. The number of rotatable bonds is 3. The van der Waals surface area contributed by atoms with Gasteiger partial charge in [0.25, 0.3) is 0 Å². The molecular formula is C11H10ClN3S. The summed E-state index contributed by atoms with van der Waals surface area (Å²) in [7, 11) is 0. The molecule has 0 saturated heterocycles. The van der Waals surface area contributed by atoms with E-state index in [9.17, 15) is 0 Å². The van der Waals surface area contributed by atoms with Gasteiger partial charge in [0.1, 0.15) is 11.0 Å². The first-order valence-electron chi connectivity index (χ1n) is 4.89. The Morgan fingerprint density at radius 3 is 3.06 bits per heavy atom. The highest BCUT2D eigenvalue weighted by Crippen LogP contribution is 2.30. The van der Waals surface area contributed by atoms with E-state index in [0.717, 1.165) is 23.1 Å². The average molecular weight is 252 g/mol. The Bertz CT molecular complexity index is 544. The molecule has 1 aromatic carbocycles. The quantitative estimate of drug-likeness (QED) is 0.852. The predicted octanol–water partition coefficient (Wildman–Crippen LogP) is 3.17. The molecule has 3 nitrogen and oxygen atoms in total. The molecule has 1 unspecified atom stereocenters. The van der Waals surface area contributed by atoms with Crippen LogP contribution in [0.25, 0.3) is 11.0 Å². The van der Waals surface area contributed by atoms with E-state index in [4.69, 9.17) is 18.0 Å². The van der Waals surface area contributed by atoms with E-state index in [1.54, 1.807) is 6.07 Å². The third kappa shape index (κ3) is 1.97. The van der Waals surface area contributed by atoms with Crippen LogP contribution in [0.1, 0.15) is 13.3 Å². The number of terminal acetylenes is 1. The molecule has 2 aromatic rings. The lowest BCUT2D eigenvalue weighted by Gasteiger charge is -2.13. The monoisotopic (exact) mass is 251 g/mol. The molecule has 16 heavy (non-hydrogen) atoms. The van der Waals surface area contributed by atoms with Crippen molar-refractivity contribution in [3.05, 3.63) is 17.2 Å². The van der Waals surface area contributed by atoms with Crippen molar-refractivity contribution in [1.82, 2.24) is 8.75 Å². The van der Waals surface area contributed by atoms with Gasteiger partial charge in [-0.15, -0.1) is 6.42 Å². The van der Waals surface area contributed by atoms with Crippen LogP contribution in [0.2, 0.25) is 5.02 Å². The van der Waals surface area contributed by atoms with E-state index in [1.807, 2.05) is 13.0 Å². The van der Waals surface area contributed by atoms with Crippen molar-refractivity contribution >= 4 is 40.0 Å². The fourth-order valence-electron chi connectivity index (χ4n) is 1.40. The van der Waals surface area contributed by atoms with E-state index >= 15 is 0 Å². The average Bonchev–Trinajstić information content (AvgIpc) is 2.76. The van der Waals surface area contributed by atoms with Crippen LogP contribution in [-0.4, -0.2) is 14.8 Å². The zero-order chi connectivity index (χ0) is 11.5. The van der Waals surface area contributed by atoms with Crippen LogP contribution >= 0.6 is 23.3 Å². The van der Waals surface area contributed by atoms with Gasteiger partial charge in [-0.05, 0) is 18.6 Å². The number of fused-ring (bicyclic) bond motifs is 1. The van der Waals surface area contributed by atoms with Crippen LogP contribution in [0.15, 0.2) is 12.1 Å². The normalized spacial score (nSPS) is 12.3. The molecule has 1 atom stereocenters. The third-order valence-electron chi connectivity index (χ3n) is 2.31. The number of hydrogen-bond acceptors (Lipinski definition) is 4. The van der Waals surface area contributed by atoms with Gasteiger partial charge in [-0.1, -0.05) is 24.4 Å². The number of nitrogens with zero attached hydrogens (tertiary/aromatic N) is 2. The van der Waals surface area contributed by atoms with Crippen molar-refractivity contribution in [2.75, 3.05) is 5.32 Å². The third-order valence-corrected chi connectivity index (χ3v) is 3.16. The van der Waals surface area contributed by atoms with Crippen LogP contribution in [-0.2, 0) is 0 Å². The van der Waals surface area contributed by atoms with Gasteiger partial charge in [-0.25, -0.2) is 0 Å². The van der Waals surface area contributed by atoms with Gasteiger partial charge in [0.05, 0.1) is 28.5 Å². The first-order chi connectivity index (χ1) is 7.76. The Balaban J connectivity index is 2.46. The van der Waals surface area contributed by atoms with Gasteiger partial charge in [0.2, 0.25) is 0 Å². The largest absolute Gasteiger partial charge is 0.369 e. The highest BCUT2D eigenvalue weighted by molar-refractivity contribution is 7.00. The minimum absolute atomic E-state index is 0.0372. The lowest BCUT2D eigenvalue weighted by Crippen LogP contribution is -2.16. The van der Waals surface area contributed by atoms with Crippen LogP contribution < -0.4 is 5.32 Å². The molecule has 0 bridgehead atoms. The van der Waals surface area contributed by atoms with Crippen molar-refractivity contribution < 1.29 is 0 Å². The van der Waals surface area contributed by atoms with Crippen LogP contribution in [0.5, 0.6) is 0 Å². The van der Waals surface area contributed by atoms with Crippen LogP contribution in [0.4, 0.5) is 5.69 Å². The van der Waals surface area contributed by atoms with Crippen molar-refractivity contribution in [3.8, 4) is 12.3 Å². The summed E-state index contributed by atoms with van der Waals surface area (Å²) in [5, 5.41) is 3.83. The molecule has 0 aliphatic heterocycles. The maximum atomic E-state index is 6.12. The predicted molar refractivity (Wildman–Crippen MR) is 69.0 cm³/mol. The molecule has 82 valence electrons. The number of anilines is 1. The first kappa shape index (κ1) is 11.2. The highest BCUT2D eigenvalue weighted by Gasteiger charge is 2.12. The highest BCUT2D eigenvalue weighted by atomic mass is 35.5. The number of nitrogens with one attached hydrogen (secondary N) is 1. The van der Waals surface area contributed by atoms with Crippen molar-refractivity contribution in [2.45, 2.75) is 19.4 Å². The fraction of sp³-hybridized carbons (Fsp3) is 0.273. The maximum Gasteiger partial charge on any atom is 0.129 e. The topological polar surface area (TPSA) is 37.8 Å². The zero-order valence-electron chi connectivity index (χ0n) is 8.70. The summed E-state index contributed by atoms with van der Waals surface area (Å²) in [5.41, 5.74) is 2.40. The summed E-state index contributed by atoms with van der Waals surface area (Å²) >= 11 is 7.29. The van der Waals surface area contributed by atoms with Crippen molar-refractivity contribution in [2.24, 2.45) is 0 Å². The molecule has 0 aliphatic carbocycles. The van der Waals surface area contributed by atoms with Gasteiger partial charge < -0.3 is 5.32 Å². The molecule has 0 spiro atoms. The smallest absolute Gasteiger partial charge is 0.129 e. The van der Waals surface area contributed by atoms with Gasteiger partial charge in [0, 0.05) is 0 Å². The van der Waals surface area contributed by atoms with Crippen LogP contribution in [0, 0.1) is 12.3 Å². The number of benzene rings is 1. The second kappa shape index (κ2) is 4.69. The van der Waals surface area contributed by atoms with Gasteiger partial charge in [0.15, 0.2) is 0 Å². The second-order valence-electron chi connectivity index (χ2n) is 3.33. The number of halogens is 1. The number of hydrogen-bond donors (Lipinski definition) is 1. The van der Waals surface area contributed by atoms with E-state index in [-0.39, 0.29) is 6.04 Å². The van der Waals surface area contributed by atoms with Crippen LogP contribution in [0.3, 0.4) is 0 Å². The summed E-state index contributed by atoms with van der Waals surface area (Å²) in [6.07, 6.45) is 6.25. The molecular weight excluding hydrogens is 242 g/mol. The summed E-state index contributed by atoms with van der Waals surface area (Å²) in [6.45, 7) is 2.02. The number of aromatic nitrogens is 2. The lowest BCUT2D eigenvalue weighted by atomic mass is 10.2. The molecule has 0 radical (unpaired) electrons. The Morgan fingerprint density at radius 1 is 1.56 bits per heavy atom. The standard InChI is InChI=1S/C11H10ClN3S/c1-3-7(4-2)13-10-8(12)5-6-9-11(10)15-16-14-9/h1,5-7,13H,4H2,2H3. The molecule has 1 N–H and O–H groups in total. The summed E-state index contributed by atoms with van der Waals surface area (Å²) < 4.78 is 8.38. The molecule has 0 fully saturated rings. The summed E-state index contributed by atoms with van der Waals surface area (Å²) in [4.78, 5) is 0. The van der Waals surface area contributed by atoms with E-state index in [0.29, 0.717) is 5.02 Å². The lowest BCUT2D eigenvalue weighted by molar-refractivity contribution is 0.859. The molecule has 0 saturated carbocycles. The van der Waals surface area contributed by atoms with Crippen molar-refractivity contribution in [1.29, 1.82) is 0 Å². The molecule has 2 rings (SSSR count). The summed E-state index contributed by atoms with van der Waals surface area (Å²) in [5.74, 6) is 2.67. The zero-order valence-corrected chi connectivity index (χ0v) is 10.3. The maximum absolute atomic E-state index is 6.12. The van der Waals surface area contributed by atoms with Gasteiger partial charge >= 0.3 is 0 Å². The first-order valence-corrected chi connectivity index (χ1v) is 6.00. The molecule has 1 heterocycles. The molecule has 0 aliphatic rings. The Morgan fingerprint density at radius 2 is 2.38 bits per heavy atom. The summed E-state index contributed by atoms with van der Waals surface area (Å²) in [6, 6.07) is 3.62. The fourth-order valence-corrected chi connectivity index (χ4v) is 2.15. The Hall–Kier alpha value is -1.31. The van der Waals surface area contributed by atoms with E-state index in [1.165, 1.54) is 11.7 Å². The molecule has 0 amide bonds. The Kier molecular flexibility index (Phi) is 3.28. The molecule has 5 heteroatoms. The Labute approximate surface area is 103 Å². The van der Waals surface area contributed by atoms with E-state index in [2.05, 4.69) is 20.0 Å². The minimum atomic E-state index is -0.0372. The molecule has 1 aromatic heterocycles. The van der Waals surface area contributed by atoms with Gasteiger partial charge in [-0.2, -0.15) is 8.75 Å². The minimum Gasteiger partial charge on any atom is -0.369 e. The van der Waals surface area contributed by atoms with Gasteiger partial charge in [-0.3, -0.25) is 0 Å². The van der Waals surface area contributed by atoms with E-state index < -0.39 is 0 Å².